The van der Waals surface area contributed by atoms with E-state index < -0.39 is 0 Å². The van der Waals surface area contributed by atoms with E-state index in [1.54, 1.807) is 0 Å². The van der Waals surface area contributed by atoms with Crippen LogP contribution in [0.2, 0.25) is 0 Å². The Bertz CT molecular complexity index is 426. The summed E-state index contributed by atoms with van der Waals surface area (Å²) in [4.78, 5) is 3.22. The maximum Gasteiger partial charge on any atom is 0.0460 e. The summed E-state index contributed by atoms with van der Waals surface area (Å²) in [6.45, 7) is 0. The molecule has 0 fully saturated rings. The Balaban J connectivity index is 2.52. The Hall–Kier alpha value is -1.70. The van der Waals surface area contributed by atoms with Crippen LogP contribution in [0.3, 0.4) is 0 Å². The molecule has 0 saturated heterocycles. The van der Waals surface area contributed by atoms with Gasteiger partial charge in [-0.2, -0.15) is 0 Å². The quantitative estimate of drug-likeness (QED) is 0.715. The van der Waals surface area contributed by atoms with Gasteiger partial charge < -0.3 is 10.3 Å². The number of benzene rings is 1. The molecule has 1 heterocycles. The van der Waals surface area contributed by atoms with E-state index >= 15 is 0 Å². The third-order valence-electron chi connectivity index (χ3n) is 2.05. The van der Waals surface area contributed by atoms with Crippen LogP contribution in [0.4, 0.5) is 0 Å². The summed E-state index contributed by atoms with van der Waals surface area (Å²) < 4.78 is 0. The van der Waals surface area contributed by atoms with Gasteiger partial charge in [-0.3, -0.25) is 0 Å². The molecule has 2 N–H and O–H groups in total. The van der Waals surface area contributed by atoms with Crippen LogP contribution in [0.1, 0.15) is 5.56 Å². The summed E-state index contributed by atoms with van der Waals surface area (Å²) in [5.41, 5.74) is 2.39. The van der Waals surface area contributed by atoms with Crippen molar-refractivity contribution in [3.05, 3.63) is 42.2 Å². The second-order valence-electron chi connectivity index (χ2n) is 2.91. The van der Waals surface area contributed by atoms with Gasteiger partial charge in [-0.25, -0.2) is 0 Å². The van der Waals surface area contributed by atoms with Crippen LogP contribution < -0.4 is 5.32 Å². The minimum absolute atomic E-state index is 1.18. The van der Waals surface area contributed by atoms with E-state index in [2.05, 4.69) is 28.5 Å². The highest BCUT2D eigenvalue weighted by Crippen LogP contribution is 2.18. The zero-order chi connectivity index (χ0) is 9.10. The normalized spacial score (nSPS) is 11.2. The number of para-hydroxylation sites is 1. The van der Waals surface area contributed by atoms with Gasteiger partial charge in [0.25, 0.3) is 0 Å². The molecule has 2 heteroatoms. The number of hydrogen-bond donors (Lipinski definition) is 2. The zero-order valence-corrected chi connectivity index (χ0v) is 7.54. The summed E-state index contributed by atoms with van der Waals surface area (Å²) in [6.07, 6.45) is 5.99. The van der Waals surface area contributed by atoms with E-state index in [0.717, 1.165) is 0 Å². The number of H-pyrrole nitrogens is 1. The van der Waals surface area contributed by atoms with E-state index in [0.29, 0.717) is 0 Å². The molecule has 2 nitrogen and oxygen atoms in total. The van der Waals surface area contributed by atoms with Crippen molar-refractivity contribution in [1.29, 1.82) is 0 Å². The molecule has 0 aliphatic heterocycles. The van der Waals surface area contributed by atoms with Crippen molar-refractivity contribution in [2.24, 2.45) is 0 Å². The Kier molecular flexibility index (Phi) is 2.04. The second kappa shape index (κ2) is 3.35. The number of aromatic nitrogens is 1. The molecule has 2 aromatic rings. The minimum atomic E-state index is 1.18. The van der Waals surface area contributed by atoms with Gasteiger partial charge in [0.15, 0.2) is 0 Å². The van der Waals surface area contributed by atoms with E-state index in [9.17, 15) is 0 Å². The molecular weight excluding hydrogens is 160 g/mol. The molecule has 0 radical (unpaired) electrons. The average molecular weight is 172 g/mol. The van der Waals surface area contributed by atoms with Crippen molar-refractivity contribution >= 4 is 17.0 Å². The van der Waals surface area contributed by atoms with Crippen molar-refractivity contribution in [1.82, 2.24) is 10.3 Å². The molecular formula is C11H12N2. The van der Waals surface area contributed by atoms with E-state index in [1.165, 1.54) is 16.5 Å². The number of rotatable bonds is 2. The molecule has 0 saturated carbocycles. The summed E-state index contributed by atoms with van der Waals surface area (Å²) >= 11 is 0. The van der Waals surface area contributed by atoms with Gasteiger partial charge in [0.05, 0.1) is 0 Å². The van der Waals surface area contributed by atoms with Crippen LogP contribution in [0.5, 0.6) is 0 Å². The SMILES string of the molecule is CN/C=C\c1c[nH]c2ccccc12. The molecule has 0 spiro atoms. The second-order valence-corrected chi connectivity index (χ2v) is 2.91. The first-order valence-corrected chi connectivity index (χ1v) is 4.32. The molecule has 0 aliphatic carbocycles. The predicted molar refractivity (Wildman–Crippen MR) is 56.4 cm³/mol. The van der Waals surface area contributed by atoms with Crippen LogP contribution >= 0.6 is 0 Å². The lowest BCUT2D eigenvalue weighted by molar-refractivity contribution is 1.11. The van der Waals surface area contributed by atoms with Crippen molar-refractivity contribution < 1.29 is 0 Å². The number of nitrogens with one attached hydrogen (secondary N) is 2. The van der Waals surface area contributed by atoms with Crippen molar-refractivity contribution in [3.8, 4) is 0 Å². The smallest absolute Gasteiger partial charge is 0.0460 e. The van der Waals surface area contributed by atoms with E-state index in [4.69, 9.17) is 0 Å². The molecule has 0 atom stereocenters. The summed E-state index contributed by atoms with van der Waals surface area (Å²) in [5, 5.41) is 4.23. The number of aromatic amines is 1. The van der Waals surface area contributed by atoms with Gasteiger partial charge in [0.2, 0.25) is 0 Å². The van der Waals surface area contributed by atoms with Crippen LogP contribution in [0.15, 0.2) is 36.7 Å². The fourth-order valence-corrected chi connectivity index (χ4v) is 1.40. The number of fused-ring (bicyclic) bond motifs is 1. The first kappa shape index (κ1) is 7.92. The fraction of sp³-hybridized carbons (Fsp3) is 0.0909. The molecule has 0 aliphatic rings. The molecule has 2 rings (SSSR count). The molecule has 13 heavy (non-hydrogen) atoms. The lowest BCUT2D eigenvalue weighted by Crippen LogP contribution is -1.90. The summed E-state index contributed by atoms with van der Waals surface area (Å²) in [6, 6.07) is 8.27. The molecule has 0 amide bonds. The van der Waals surface area contributed by atoms with Crippen molar-refractivity contribution in [3.63, 3.8) is 0 Å². The lowest BCUT2D eigenvalue weighted by atomic mass is 10.2. The van der Waals surface area contributed by atoms with Crippen LogP contribution in [-0.2, 0) is 0 Å². The van der Waals surface area contributed by atoms with Crippen LogP contribution in [-0.4, -0.2) is 12.0 Å². The first-order chi connectivity index (χ1) is 6.42. The maximum atomic E-state index is 3.22. The average Bonchev–Trinajstić information content (AvgIpc) is 2.58. The molecule has 1 aromatic heterocycles. The van der Waals surface area contributed by atoms with Gasteiger partial charge in [-0.1, -0.05) is 18.2 Å². The van der Waals surface area contributed by atoms with Gasteiger partial charge in [0.1, 0.15) is 0 Å². The van der Waals surface area contributed by atoms with Crippen LogP contribution in [0, 0.1) is 0 Å². The van der Waals surface area contributed by atoms with Gasteiger partial charge in [0, 0.05) is 29.7 Å². The highest BCUT2D eigenvalue weighted by molar-refractivity contribution is 5.88. The predicted octanol–water partition coefficient (Wildman–Crippen LogP) is 2.36. The highest BCUT2D eigenvalue weighted by Gasteiger charge is 1.97. The monoisotopic (exact) mass is 172 g/mol. The minimum Gasteiger partial charge on any atom is -0.394 e. The topological polar surface area (TPSA) is 27.8 Å². The largest absolute Gasteiger partial charge is 0.394 e. The van der Waals surface area contributed by atoms with Gasteiger partial charge in [-0.05, 0) is 18.3 Å². The maximum absolute atomic E-state index is 3.22. The van der Waals surface area contributed by atoms with E-state index in [-0.39, 0.29) is 0 Å². The Labute approximate surface area is 77.3 Å². The van der Waals surface area contributed by atoms with E-state index in [1.807, 2.05) is 31.6 Å². The summed E-state index contributed by atoms with van der Waals surface area (Å²) in [7, 11) is 1.89. The Morgan fingerprint density at radius 3 is 3.00 bits per heavy atom. The number of hydrogen-bond acceptors (Lipinski definition) is 1. The highest BCUT2D eigenvalue weighted by atomic mass is 14.8. The molecule has 0 unspecified atom stereocenters. The molecule has 66 valence electrons. The first-order valence-electron chi connectivity index (χ1n) is 4.32. The third kappa shape index (κ3) is 1.43. The third-order valence-corrected chi connectivity index (χ3v) is 2.05. The molecule has 0 bridgehead atoms. The van der Waals surface area contributed by atoms with Crippen LogP contribution in [0.25, 0.3) is 17.0 Å². The Morgan fingerprint density at radius 1 is 1.31 bits per heavy atom. The van der Waals surface area contributed by atoms with Crippen molar-refractivity contribution in [2.75, 3.05) is 7.05 Å². The zero-order valence-electron chi connectivity index (χ0n) is 7.54. The lowest BCUT2D eigenvalue weighted by Gasteiger charge is -1.90. The standard InChI is InChI=1S/C11H12N2/c1-12-7-6-9-8-13-11-5-3-2-4-10(9)11/h2-8,12-13H,1H3/b7-6-. The van der Waals surface area contributed by atoms with Gasteiger partial charge >= 0.3 is 0 Å². The fourth-order valence-electron chi connectivity index (χ4n) is 1.40. The summed E-state index contributed by atoms with van der Waals surface area (Å²) in [5.74, 6) is 0. The van der Waals surface area contributed by atoms with Crippen molar-refractivity contribution in [2.45, 2.75) is 0 Å². The molecule has 1 aromatic carbocycles. The van der Waals surface area contributed by atoms with Gasteiger partial charge in [-0.15, -0.1) is 0 Å². The Morgan fingerprint density at radius 2 is 2.15 bits per heavy atom.